The third-order valence-electron chi connectivity index (χ3n) is 4.67. The molecule has 0 amide bonds. The second-order valence-electron chi connectivity index (χ2n) is 7.22. The molecule has 0 aromatic carbocycles. The SMILES string of the molecule is CC(C)COC1CC(NCC2CC(O)C2)C1(C)C. The molecule has 0 aliphatic heterocycles. The zero-order valence-electron chi connectivity index (χ0n) is 12.3. The smallest absolute Gasteiger partial charge is 0.0656 e. The molecule has 0 aromatic rings. The van der Waals surface area contributed by atoms with E-state index in [2.05, 4.69) is 33.0 Å². The molecule has 0 heterocycles. The van der Waals surface area contributed by atoms with Crippen LogP contribution in [0.3, 0.4) is 0 Å². The van der Waals surface area contributed by atoms with Crippen molar-refractivity contribution in [2.24, 2.45) is 17.3 Å². The number of aliphatic hydroxyl groups is 1. The van der Waals surface area contributed by atoms with E-state index in [0.717, 1.165) is 32.4 Å². The van der Waals surface area contributed by atoms with Gasteiger partial charge in [-0.2, -0.15) is 0 Å². The molecular weight excluding hydrogens is 226 g/mol. The highest BCUT2D eigenvalue weighted by Crippen LogP contribution is 2.43. The average molecular weight is 255 g/mol. The van der Waals surface area contributed by atoms with Crippen molar-refractivity contribution in [3.8, 4) is 0 Å². The van der Waals surface area contributed by atoms with Gasteiger partial charge < -0.3 is 15.2 Å². The lowest BCUT2D eigenvalue weighted by atomic mass is 9.64. The van der Waals surface area contributed by atoms with E-state index in [1.165, 1.54) is 0 Å². The quantitative estimate of drug-likeness (QED) is 0.764. The van der Waals surface area contributed by atoms with Gasteiger partial charge in [-0.3, -0.25) is 0 Å². The summed E-state index contributed by atoms with van der Waals surface area (Å²) in [5, 5.41) is 12.9. The molecule has 3 nitrogen and oxygen atoms in total. The van der Waals surface area contributed by atoms with E-state index in [0.29, 0.717) is 24.0 Å². The first-order valence-electron chi connectivity index (χ1n) is 7.42. The van der Waals surface area contributed by atoms with Crippen LogP contribution in [0.1, 0.15) is 47.0 Å². The van der Waals surface area contributed by atoms with Crippen LogP contribution in [-0.4, -0.2) is 36.5 Å². The van der Waals surface area contributed by atoms with Crippen LogP contribution in [0.5, 0.6) is 0 Å². The molecule has 2 N–H and O–H groups in total. The Morgan fingerprint density at radius 2 is 1.94 bits per heavy atom. The largest absolute Gasteiger partial charge is 0.393 e. The van der Waals surface area contributed by atoms with Gasteiger partial charge in [-0.15, -0.1) is 0 Å². The Balaban J connectivity index is 1.66. The highest BCUT2D eigenvalue weighted by Gasteiger charge is 2.49. The molecule has 0 saturated heterocycles. The van der Waals surface area contributed by atoms with Crippen LogP contribution in [0.2, 0.25) is 0 Å². The fourth-order valence-electron chi connectivity index (χ4n) is 3.00. The van der Waals surface area contributed by atoms with Crippen molar-refractivity contribution >= 4 is 0 Å². The average Bonchev–Trinajstić information content (AvgIpc) is 2.23. The van der Waals surface area contributed by atoms with Crippen molar-refractivity contribution in [1.82, 2.24) is 5.32 Å². The maximum atomic E-state index is 9.27. The van der Waals surface area contributed by atoms with Gasteiger partial charge in [0.05, 0.1) is 12.2 Å². The van der Waals surface area contributed by atoms with Crippen LogP contribution in [0.15, 0.2) is 0 Å². The minimum atomic E-state index is -0.0340. The molecule has 0 bridgehead atoms. The Kier molecular flexibility index (Phi) is 4.35. The maximum absolute atomic E-state index is 9.27. The summed E-state index contributed by atoms with van der Waals surface area (Å²) in [6, 6.07) is 0.576. The number of hydrogen-bond acceptors (Lipinski definition) is 3. The third kappa shape index (κ3) is 3.06. The standard InChI is InChI=1S/C15H29NO2/c1-10(2)9-18-14-7-13(15(14,3)4)16-8-11-5-12(17)6-11/h10-14,16-17H,5-9H2,1-4H3. The Labute approximate surface area is 111 Å². The topological polar surface area (TPSA) is 41.5 Å². The molecule has 3 heteroatoms. The van der Waals surface area contributed by atoms with E-state index in [4.69, 9.17) is 4.74 Å². The number of nitrogens with one attached hydrogen (secondary N) is 1. The first kappa shape index (κ1) is 14.3. The molecule has 0 radical (unpaired) electrons. The lowest BCUT2D eigenvalue weighted by molar-refractivity contribution is -0.125. The molecular formula is C15H29NO2. The van der Waals surface area contributed by atoms with Crippen LogP contribution >= 0.6 is 0 Å². The molecule has 2 aliphatic rings. The molecule has 0 aromatic heterocycles. The second kappa shape index (κ2) is 5.48. The summed E-state index contributed by atoms with van der Waals surface area (Å²) in [6.45, 7) is 10.9. The minimum Gasteiger partial charge on any atom is -0.393 e. The van der Waals surface area contributed by atoms with Crippen LogP contribution < -0.4 is 5.32 Å². The van der Waals surface area contributed by atoms with Crippen LogP contribution in [0.25, 0.3) is 0 Å². The molecule has 18 heavy (non-hydrogen) atoms. The van der Waals surface area contributed by atoms with Crippen molar-refractivity contribution in [2.45, 2.75) is 65.2 Å². The summed E-state index contributed by atoms with van der Waals surface area (Å²) in [4.78, 5) is 0. The highest BCUT2D eigenvalue weighted by atomic mass is 16.5. The van der Waals surface area contributed by atoms with Gasteiger partial charge in [0.15, 0.2) is 0 Å². The Bertz CT molecular complexity index is 272. The summed E-state index contributed by atoms with van der Waals surface area (Å²) in [5.74, 6) is 1.30. The van der Waals surface area contributed by atoms with Crippen molar-refractivity contribution in [1.29, 1.82) is 0 Å². The van der Waals surface area contributed by atoms with Gasteiger partial charge in [0.1, 0.15) is 0 Å². The maximum Gasteiger partial charge on any atom is 0.0656 e. The summed E-state index contributed by atoms with van der Waals surface area (Å²) < 4.78 is 5.97. The highest BCUT2D eigenvalue weighted by molar-refractivity contribution is 5.03. The van der Waals surface area contributed by atoms with Crippen LogP contribution in [0, 0.1) is 17.3 Å². The molecule has 2 fully saturated rings. The van der Waals surface area contributed by atoms with Crippen molar-refractivity contribution in [2.75, 3.05) is 13.2 Å². The molecule has 2 aliphatic carbocycles. The van der Waals surface area contributed by atoms with Gasteiger partial charge in [0.25, 0.3) is 0 Å². The normalized spacial score (nSPS) is 38.3. The molecule has 2 unspecified atom stereocenters. The molecule has 2 rings (SSSR count). The number of hydrogen-bond donors (Lipinski definition) is 2. The minimum absolute atomic E-state index is 0.0340. The zero-order valence-corrected chi connectivity index (χ0v) is 12.3. The molecule has 106 valence electrons. The van der Waals surface area contributed by atoms with Gasteiger partial charge in [0.2, 0.25) is 0 Å². The Morgan fingerprint density at radius 3 is 2.44 bits per heavy atom. The Hall–Kier alpha value is -0.120. The van der Waals surface area contributed by atoms with E-state index < -0.39 is 0 Å². The fourth-order valence-corrected chi connectivity index (χ4v) is 3.00. The molecule has 0 spiro atoms. The number of ether oxygens (including phenoxy) is 1. The summed E-state index contributed by atoms with van der Waals surface area (Å²) in [5.41, 5.74) is 0.247. The zero-order chi connectivity index (χ0) is 13.3. The first-order valence-corrected chi connectivity index (χ1v) is 7.42. The van der Waals surface area contributed by atoms with Gasteiger partial charge >= 0.3 is 0 Å². The van der Waals surface area contributed by atoms with Crippen LogP contribution in [-0.2, 0) is 4.74 Å². The van der Waals surface area contributed by atoms with Crippen molar-refractivity contribution in [3.05, 3.63) is 0 Å². The molecule has 2 saturated carbocycles. The summed E-state index contributed by atoms with van der Waals surface area (Å²) >= 11 is 0. The van der Waals surface area contributed by atoms with E-state index in [1.807, 2.05) is 0 Å². The molecule has 2 atom stereocenters. The Morgan fingerprint density at radius 1 is 1.28 bits per heavy atom. The van der Waals surface area contributed by atoms with Crippen molar-refractivity contribution in [3.63, 3.8) is 0 Å². The predicted octanol–water partition coefficient (Wildman–Crippen LogP) is 2.19. The lowest BCUT2D eigenvalue weighted by Gasteiger charge is -2.52. The van der Waals surface area contributed by atoms with Gasteiger partial charge in [-0.25, -0.2) is 0 Å². The van der Waals surface area contributed by atoms with Gasteiger partial charge in [-0.05, 0) is 37.6 Å². The van der Waals surface area contributed by atoms with Gasteiger partial charge in [0, 0.05) is 18.1 Å². The van der Waals surface area contributed by atoms with E-state index in [1.54, 1.807) is 0 Å². The first-order chi connectivity index (χ1) is 8.39. The second-order valence-corrected chi connectivity index (χ2v) is 7.22. The third-order valence-corrected chi connectivity index (χ3v) is 4.67. The van der Waals surface area contributed by atoms with E-state index in [9.17, 15) is 5.11 Å². The number of aliphatic hydroxyl groups excluding tert-OH is 1. The monoisotopic (exact) mass is 255 g/mol. The summed E-state index contributed by atoms with van der Waals surface area (Å²) in [6.07, 6.45) is 3.47. The fraction of sp³-hybridized carbons (Fsp3) is 1.00. The van der Waals surface area contributed by atoms with E-state index in [-0.39, 0.29) is 11.5 Å². The van der Waals surface area contributed by atoms with Gasteiger partial charge in [-0.1, -0.05) is 27.7 Å². The predicted molar refractivity (Wildman–Crippen MR) is 73.5 cm³/mol. The van der Waals surface area contributed by atoms with Crippen molar-refractivity contribution < 1.29 is 9.84 Å². The van der Waals surface area contributed by atoms with E-state index >= 15 is 0 Å². The number of rotatable bonds is 6. The lowest BCUT2D eigenvalue weighted by Crippen LogP contribution is -2.62. The summed E-state index contributed by atoms with van der Waals surface area (Å²) in [7, 11) is 0. The van der Waals surface area contributed by atoms with Crippen LogP contribution in [0.4, 0.5) is 0 Å².